The van der Waals surface area contributed by atoms with E-state index in [1.807, 2.05) is 0 Å². The topological polar surface area (TPSA) is 50.4 Å². The minimum Gasteiger partial charge on any atom is -0.381 e. The van der Waals surface area contributed by atoms with Gasteiger partial charge in [-0.2, -0.15) is 0 Å². The number of nitrogens with one attached hydrogen (secondary N) is 2. The Kier molecular flexibility index (Phi) is 3.32. The second-order valence-electron chi connectivity index (χ2n) is 2.63. The Hall–Kier alpha value is -0.610. The number of carbonyl (C=O) groups is 1. The predicted molar refractivity (Wildman–Crippen MR) is 40.7 cm³/mol. The van der Waals surface area contributed by atoms with Gasteiger partial charge in [-0.25, -0.2) is 5.43 Å². The minimum atomic E-state index is 0.0794. The Labute approximate surface area is 66.3 Å². The van der Waals surface area contributed by atoms with E-state index < -0.39 is 0 Å². The molecular formula is C7H14N2O2. The summed E-state index contributed by atoms with van der Waals surface area (Å²) in [4.78, 5) is 11.2. The van der Waals surface area contributed by atoms with E-state index in [0.717, 1.165) is 12.8 Å². The fourth-order valence-electron chi connectivity index (χ4n) is 1.19. The van der Waals surface area contributed by atoms with Crippen LogP contribution < -0.4 is 10.9 Å². The average Bonchev–Trinajstić information content (AvgIpc) is 2.07. The lowest BCUT2D eigenvalue weighted by molar-refractivity contribution is -0.128. The van der Waals surface area contributed by atoms with E-state index in [2.05, 4.69) is 10.9 Å². The summed E-state index contributed by atoms with van der Waals surface area (Å²) in [5, 5.41) is 0. The van der Waals surface area contributed by atoms with Crippen molar-refractivity contribution in [2.75, 3.05) is 20.3 Å². The van der Waals surface area contributed by atoms with Crippen LogP contribution in [0.2, 0.25) is 0 Å². The molecule has 0 atom stereocenters. The quantitative estimate of drug-likeness (QED) is 0.541. The van der Waals surface area contributed by atoms with E-state index >= 15 is 0 Å². The molecule has 64 valence electrons. The zero-order valence-corrected chi connectivity index (χ0v) is 6.72. The lowest BCUT2D eigenvalue weighted by Gasteiger charge is -2.20. The van der Waals surface area contributed by atoms with Crippen LogP contribution >= 0.6 is 0 Å². The Morgan fingerprint density at radius 3 is 2.64 bits per heavy atom. The van der Waals surface area contributed by atoms with Gasteiger partial charge in [0.1, 0.15) is 0 Å². The maximum atomic E-state index is 11.2. The van der Waals surface area contributed by atoms with Crippen molar-refractivity contribution in [3.63, 3.8) is 0 Å². The average molecular weight is 158 g/mol. The van der Waals surface area contributed by atoms with Crippen LogP contribution in [-0.4, -0.2) is 26.2 Å². The Morgan fingerprint density at radius 1 is 1.45 bits per heavy atom. The maximum absolute atomic E-state index is 11.2. The molecule has 1 rings (SSSR count). The molecule has 0 spiro atoms. The first-order valence-electron chi connectivity index (χ1n) is 3.89. The van der Waals surface area contributed by atoms with Gasteiger partial charge in [-0.1, -0.05) is 0 Å². The highest BCUT2D eigenvalue weighted by Gasteiger charge is 2.20. The Balaban J connectivity index is 2.27. The van der Waals surface area contributed by atoms with Gasteiger partial charge in [0.2, 0.25) is 5.91 Å². The molecule has 4 nitrogen and oxygen atoms in total. The molecule has 1 amide bonds. The largest absolute Gasteiger partial charge is 0.381 e. The molecule has 0 bridgehead atoms. The number of hydrogen-bond acceptors (Lipinski definition) is 3. The lowest BCUT2D eigenvalue weighted by Crippen LogP contribution is -2.40. The van der Waals surface area contributed by atoms with Crippen molar-refractivity contribution in [1.82, 2.24) is 10.9 Å². The standard InChI is InChI=1S/C7H14N2O2/c1-8-9-7(10)6-2-4-11-5-3-6/h6,8H,2-5H2,1H3,(H,9,10). The smallest absolute Gasteiger partial charge is 0.237 e. The first kappa shape index (κ1) is 8.49. The molecule has 0 aliphatic carbocycles. The molecule has 1 heterocycles. The number of amides is 1. The number of rotatable bonds is 2. The molecule has 2 N–H and O–H groups in total. The summed E-state index contributed by atoms with van der Waals surface area (Å²) in [5.41, 5.74) is 5.20. The van der Waals surface area contributed by atoms with E-state index in [9.17, 15) is 4.79 Å². The van der Waals surface area contributed by atoms with Crippen molar-refractivity contribution in [1.29, 1.82) is 0 Å². The maximum Gasteiger partial charge on any atom is 0.237 e. The van der Waals surface area contributed by atoms with E-state index in [1.165, 1.54) is 0 Å². The van der Waals surface area contributed by atoms with Crippen LogP contribution in [0.5, 0.6) is 0 Å². The number of carbonyl (C=O) groups excluding carboxylic acids is 1. The molecule has 1 aliphatic heterocycles. The monoisotopic (exact) mass is 158 g/mol. The Bertz CT molecular complexity index is 132. The van der Waals surface area contributed by atoms with E-state index in [-0.39, 0.29) is 11.8 Å². The van der Waals surface area contributed by atoms with Crippen LogP contribution in [0.4, 0.5) is 0 Å². The zero-order valence-electron chi connectivity index (χ0n) is 6.72. The summed E-state index contributed by atoms with van der Waals surface area (Å²) in [6.45, 7) is 1.42. The summed E-state index contributed by atoms with van der Waals surface area (Å²) in [7, 11) is 1.69. The van der Waals surface area contributed by atoms with E-state index in [4.69, 9.17) is 4.74 Å². The number of ether oxygens (including phenoxy) is 1. The van der Waals surface area contributed by atoms with Gasteiger partial charge in [-0.05, 0) is 12.8 Å². The molecule has 0 aromatic heterocycles. The van der Waals surface area contributed by atoms with Crippen molar-refractivity contribution in [3.8, 4) is 0 Å². The van der Waals surface area contributed by atoms with Crippen molar-refractivity contribution < 1.29 is 9.53 Å². The summed E-state index contributed by atoms with van der Waals surface area (Å²) >= 11 is 0. The number of hydrazine groups is 1. The normalized spacial score (nSPS) is 19.7. The highest BCUT2D eigenvalue weighted by Crippen LogP contribution is 2.13. The molecule has 1 aliphatic rings. The molecule has 1 saturated heterocycles. The van der Waals surface area contributed by atoms with Gasteiger partial charge >= 0.3 is 0 Å². The predicted octanol–water partition coefficient (Wildman–Crippen LogP) is -0.336. The van der Waals surface area contributed by atoms with Gasteiger partial charge in [-0.3, -0.25) is 10.2 Å². The fraction of sp³-hybridized carbons (Fsp3) is 0.857. The third-order valence-electron chi connectivity index (χ3n) is 1.84. The SMILES string of the molecule is CNNC(=O)C1CCOCC1. The summed E-state index contributed by atoms with van der Waals surface area (Å²) in [5.74, 6) is 0.215. The summed E-state index contributed by atoms with van der Waals surface area (Å²) in [6.07, 6.45) is 1.68. The van der Waals surface area contributed by atoms with Gasteiger partial charge in [0.15, 0.2) is 0 Å². The van der Waals surface area contributed by atoms with Crippen LogP contribution in [0.1, 0.15) is 12.8 Å². The fourth-order valence-corrected chi connectivity index (χ4v) is 1.19. The van der Waals surface area contributed by atoms with E-state index in [1.54, 1.807) is 7.05 Å². The molecule has 0 unspecified atom stereocenters. The highest BCUT2D eigenvalue weighted by atomic mass is 16.5. The number of hydrogen-bond donors (Lipinski definition) is 2. The minimum absolute atomic E-state index is 0.0794. The molecule has 0 aromatic carbocycles. The molecule has 4 heteroatoms. The van der Waals surface area contributed by atoms with Gasteiger partial charge in [-0.15, -0.1) is 0 Å². The molecule has 0 radical (unpaired) electrons. The van der Waals surface area contributed by atoms with Crippen LogP contribution in [0, 0.1) is 5.92 Å². The Morgan fingerprint density at radius 2 is 2.09 bits per heavy atom. The van der Waals surface area contributed by atoms with Crippen LogP contribution in [0.3, 0.4) is 0 Å². The second-order valence-corrected chi connectivity index (χ2v) is 2.63. The van der Waals surface area contributed by atoms with Crippen LogP contribution in [0.15, 0.2) is 0 Å². The molecule has 0 aromatic rings. The van der Waals surface area contributed by atoms with Gasteiger partial charge in [0.05, 0.1) is 0 Å². The summed E-state index contributed by atoms with van der Waals surface area (Å²) < 4.78 is 5.13. The van der Waals surface area contributed by atoms with Crippen molar-refractivity contribution in [3.05, 3.63) is 0 Å². The molecule has 11 heavy (non-hydrogen) atoms. The second kappa shape index (κ2) is 4.31. The van der Waals surface area contributed by atoms with Gasteiger partial charge < -0.3 is 4.74 Å². The third kappa shape index (κ3) is 2.48. The van der Waals surface area contributed by atoms with Gasteiger partial charge in [0.25, 0.3) is 0 Å². The molecular weight excluding hydrogens is 144 g/mol. The zero-order chi connectivity index (χ0) is 8.10. The van der Waals surface area contributed by atoms with Crippen LogP contribution in [-0.2, 0) is 9.53 Å². The van der Waals surface area contributed by atoms with E-state index in [0.29, 0.717) is 13.2 Å². The third-order valence-corrected chi connectivity index (χ3v) is 1.84. The first-order chi connectivity index (χ1) is 5.34. The first-order valence-corrected chi connectivity index (χ1v) is 3.89. The van der Waals surface area contributed by atoms with Crippen LogP contribution in [0.25, 0.3) is 0 Å². The van der Waals surface area contributed by atoms with Crippen molar-refractivity contribution >= 4 is 5.91 Å². The lowest BCUT2D eigenvalue weighted by atomic mass is 10.00. The highest BCUT2D eigenvalue weighted by molar-refractivity contribution is 5.78. The molecule has 1 fully saturated rings. The van der Waals surface area contributed by atoms with Crippen molar-refractivity contribution in [2.24, 2.45) is 5.92 Å². The van der Waals surface area contributed by atoms with Gasteiger partial charge in [0, 0.05) is 26.2 Å². The summed E-state index contributed by atoms with van der Waals surface area (Å²) in [6, 6.07) is 0. The molecule has 0 saturated carbocycles. The van der Waals surface area contributed by atoms with Crippen molar-refractivity contribution in [2.45, 2.75) is 12.8 Å².